The highest BCUT2D eigenvalue weighted by atomic mass is 35.5. The zero-order valence-electron chi connectivity index (χ0n) is 16.5. The molecule has 158 valence electrons. The molecule has 8 nitrogen and oxygen atoms in total. The fraction of sp³-hybridized carbons (Fsp3) is 0.182. The number of hydrogen-bond donors (Lipinski definition) is 2. The van der Waals surface area contributed by atoms with Gasteiger partial charge in [0.1, 0.15) is 0 Å². The first-order chi connectivity index (χ1) is 15.0. The molecule has 1 aliphatic rings. The lowest BCUT2D eigenvalue weighted by atomic mass is 10.1. The summed E-state index contributed by atoms with van der Waals surface area (Å²) in [6.45, 7) is 2.76. The van der Waals surface area contributed by atoms with Crippen LogP contribution in [0.1, 0.15) is 20.7 Å². The number of nitrogens with one attached hydrogen (secondary N) is 1. The largest absolute Gasteiger partial charge is 0.478 e. The fourth-order valence-corrected chi connectivity index (χ4v) is 3.57. The van der Waals surface area contributed by atoms with Gasteiger partial charge in [-0.1, -0.05) is 11.6 Å². The van der Waals surface area contributed by atoms with E-state index in [2.05, 4.69) is 25.1 Å². The second kappa shape index (κ2) is 9.01. The van der Waals surface area contributed by atoms with E-state index in [9.17, 15) is 14.7 Å². The number of carbonyl (C=O) groups is 2. The van der Waals surface area contributed by atoms with Crippen LogP contribution in [-0.2, 0) is 0 Å². The molecular formula is C22H20ClN5O3. The van der Waals surface area contributed by atoms with E-state index >= 15 is 0 Å². The van der Waals surface area contributed by atoms with Crippen molar-refractivity contribution in [3.05, 3.63) is 77.1 Å². The van der Waals surface area contributed by atoms with Crippen LogP contribution in [0.3, 0.4) is 0 Å². The van der Waals surface area contributed by atoms with E-state index in [1.807, 2.05) is 0 Å². The summed E-state index contributed by atoms with van der Waals surface area (Å²) in [6, 6.07) is 13.1. The molecule has 0 bridgehead atoms. The summed E-state index contributed by atoms with van der Waals surface area (Å²) in [4.78, 5) is 37.0. The molecule has 0 aliphatic carbocycles. The first kappa shape index (κ1) is 20.6. The number of rotatable bonds is 5. The summed E-state index contributed by atoms with van der Waals surface area (Å²) in [5, 5.41) is 12.8. The lowest BCUT2D eigenvalue weighted by Crippen LogP contribution is -2.47. The lowest BCUT2D eigenvalue weighted by molar-refractivity contribution is 0.0696. The predicted octanol–water partition coefficient (Wildman–Crippen LogP) is 3.41. The number of halogens is 1. The summed E-state index contributed by atoms with van der Waals surface area (Å²) >= 11 is 5.90. The molecule has 4 rings (SSSR count). The summed E-state index contributed by atoms with van der Waals surface area (Å²) in [5.41, 5.74) is 1.75. The maximum absolute atomic E-state index is 12.7. The number of aromatic nitrogens is 2. The molecule has 1 aromatic heterocycles. The number of nitrogens with zero attached hydrogens (tertiary/aromatic N) is 4. The molecule has 31 heavy (non-hydrogen) atoms. The van der Waals surface area contributed by atoms with E-state index < -0.39 is 5.97 Å². The smallest absolute Gasteiger partial charge is 0.335 e. The molecular weight excluding hydrogens is 418 g/mol. The number of hydrogen-bond acceptors (Lipinski definition) is 6. The Hall–Kier alpha value is -3.65. The van der Waals surface area contributed by atoms with Crippen LogP contribution in [-0.4, -0.2) is 53.1 Å². The third-order valence-corrected chi connectivity index (χ3v) is 5.31. The van der Waals surface area contributed by atoms with Gasteiger partial charge in [-0.15, -0.1) is 0 Å². The van der Waals surface area contributed by atoms with E-state index in [4.69, 9.17) is 11.6 Å². The van der Waals surface area contributed by atoms with Gasteiger partial charge in [-0.05, 0) is 48.5 Å². The highest BCUT2D eigenvalue weighted by Gasteiger charge is 2.22. The third-order valence-electron chi connectivity index (χ3n) is 5.05. The second-order valence-electron chi connectivity index (χ2n) is 7.02. The number of amides is 1. The Balaban J connectivity index is 1.55. The number of aromatic carboxylic acids is 1. The Kier molecular flexibility index (Phi) is 5.99. The molecule has 1 fully saturated rings. The van der Waals surface area contributed by atoms with Gasteiger partial charge in [0.25, 0.3) is 5.91 Å². The van der Waals surface area contributed by atoms with E-state index in [0.717, 1.165) is 5.69 Å². The average molecular weight is 438 g/mol. The minimum Gasteiger partial charge on any atom is -0.478 e. The van der Waals surface area contributed by atoms with Crippen molar-refractivity contribution in [3.8, 4) is 0 Å². The third kappa shape index (κ3) is 4.75. The molecule has 1 aliphatic heterocycles. The highest BCUT2D eigenvalue weighted by molar-refractivity contribution is 6.30. The number of carboxylic acids is 1. The summed E-state index contributed by atoms with van der Waals surface area (Å²) in [7, 11) is 0. The molecule has 3 aromatic rings. The maximum atomic E-state index is 12.7. The Morgan fingerprint density at radius 2 is 1.52 bits per heavy atom. The maximum Gasteiger partial charge on any atom is 0.335 e. The minimum atomic E-state index is -1.06. The number of piperazine rings is 1. The molecule has 2 N–H and O–H groups in total. The molecule has 2 heterocycles. The molecule has 0 radical (unpaired) electrons. The topological polar surface area (TPSA) is 98.7 Å². The quantitative estimate of drug-likeness (QED) is 0.631. The van der Waals surface area contributed by atoms with Crippen LogP contribution in [0.5, 0.6) is 0 Å². The summed E-state index contributed by atoms with van der Waals surface area (Å²) in [5.74, 6) is -0.712. The highest BCUT2D eigenvalue weighted by Crippen LogP contribution is 2.29. The zero-order chi connectivity index (χ0) is 21.8. The molecule has 9 heteroatoms. The predicted molar refractivity (Wildman–Crippen MR) is 119 cm³/mol. The zero-order valence-corrected chi connectivity index (χ0v) is 17.3. The Morgan fingerprint density at radius 1 is 0.903 bits per heavy atom. The summed E-state index contributed by atoms with van der Waals surface area (Å²) < 4.78 is 0. The van der Waals surface area contributed by atoms with Crippen molar-refractivity contribution in [1.82, 2.24) is 9.97 Å². The van der Waals surface area contributed by atoms with Crippen molar-refractivity contribution in [3.63, 3.8) is 0 Å². The van der Waals surface area contributed by atoms with Crippen LogP contribution < -0.4 is 15.1 Å². The van der Waals surface area contributed by atoms with Crippen LogP contribution in [0.25, 0.3) is 0 Å². The Bertz CT molecular complexity index is 1080. The standard InChI is InChI=1S/C22H20ClN5O3/c23-17-5-2-15(3-6-17)20(29)26-18-14-16(21(30)31)4-7-19(18)27-10-12-28(13-11-27)22-24-8-1-9-25-22/h1-9,14H,10-13H2,(H,26,29)(H,30,31). The van der Waals surface area contributed by atoms with E-state index in [-0.39, 0.29) is 11.5 Å². The van der Waals surface area contributed by atoms with E-state index in [0.29, 0.717) is 48.4 Å². The van der Waals surface area contributed by atoms with Crippen molar-refractivity contribution in [2.75, 3.05) is 41.3 Å². The van der Waals surface area contributed by atoms with Crippen molar-refractivity contribution >= 4 is 40.8 Å². The van der Waals surface area contributed by atoms with Gasteiger partial charge in [0.05, 0.1) is 16.9 Å². The number of anilines is 3. The van der Waals surface area contributed by atoms with Gasteiger partial charge >= 0.3 is 5.97 Å². The van der Waals surface area contributed by atoms with Gasteiger partial charge < -0.3 is 20.2 Å². The van der Waals surface area contributed by atoms with Gasteiger partial charge in [0, 0.05) is 49.2 Å². The first-order valence-electron chi connectivity index (χ1n) is 9.72. The molecule has 2 aromatic carbocycles. The van der Waals surface area contributed by atoms with Crippen molar-refractivity contribution in [2.45, 2.75) is 0 Å². The van der Waals surface area contributed by atoms with Crippen LogP contribution in [0.4, 0.5) is 17.3 Å². The van der Waals surface area contributed by atoms with Crippen molar-refractivity contribution in [2.24, 2.45) is 0 Å². The van der Waals surface area contributed by atoms with Crippen molar-refractivity contribution in [1.29, 1.82) is 0 Å². The van der Waals surface area contributed by atoms with Crippen molar-refractivity contribution < 1.29 is 14.7 Å². The van der Waals surface area contributed by atoms with Crippen LogP contribution in [0.2, 0.25) is 5.02 Å². The molecule has 0 spiro atoms. The van der Waals surface area contributed by atoms with Crippen LogP contribution in [0, 0.1) is 0 Å². The first-order valence-corrected chi connectivity index (χ1v) is 10.1. The Labute approximate surface area is 184 Å². The molecule has 1 saturated heterocycles. The van der Waals surface area contributed by atoms with Gasteiger partial charge in [0.15, 0.2) is 0 Å². The van der Waals surface area contributed by atoms with E-state index in [1.54, 1.807) is 54.9 Å². The fourth-order valence-electron chi connectivity index (χ4n) is 3.44. The second-order valence-corrected chi connectivity index (χ2v) is 7.46. The summed E-state index contributed by atoms with van der Waals surface area (Å²) in [6.07, 6.45) is 3.42. The van der Waals surface area contributed by atoms with Crippen LogP contribution >= 0.6 is 11.6 Å². The Morgan fingerprint density at radius 3 is 2.16 bits per heavy atom. The molecule has 0 saturated carbocycles. The number of carbonyl (C=O) groups excluding carboxylic acids is 1. The monoisotopic (exact) mass is 437 g/mol. The molecule has 0 unspecified atom stereocenters. The van der Waals surface area contributed by atoms with Gasteiger partial charge in [-0.2, -0.15) is 0 Å². The SMILES string of the molecule is O=C(O)c1ccc(N2CCN(c3ncccn3)CC2)c(NC(=O)c2ccc(Cl)cc2)c1. The van der Waals surface area contributed by atoms with Crippen LogP contribution in [0.15, 0.2) is 60.9 Å². The molecule has 1 amide bonds. The van der Waals surface area contributed by atoms with E-state index in [1.165, 1.54) is 6.07 Å². The lowest BCUT2D eigenvalue weighted by Gasteiger charge is -2.37. The number of benzene rings is 2. The normalized spacial score (nSPS) is 13.7. The van der Waals surface area contributed by atoms with Gasteiger partial charge in [-0.3, -0.25) is 4.79 Å². The average Bonchev–Trinajstić information content (AvgIpc) is 2.80. The van der Waals surface area contributed by atoms with Gasteiger partial charge in [-0.25, -0.2) is 14.8 Å². The molecule has 0 atom stereocenters. The minimum absolute atomic E-state index is 0.103. The van der Waals surface area contributed by atoms with Gasteiger partial charge in [0.2, 0.25) is 5.95 Å². The number of carboxylic acid groups (broad SMARTS) is 1.